The largest absolute Gasteiger partial charge is 0.496 e. The fourth-order valence-electron chi connectivity index (χ4n) is 2.90. The number of pyridine rings is 1. The van der Waals surface area contributed by atoms with E-state index < -0.39 is 5.38 Å². The molecule has 4 rings (SSSR count). The molecule has 0 fully saturated rings. The van der Waals surface area contributed by atoms with Gasteiger partial charge in [0.05, 0.1) is 40.2 Å². The molecule has 3 aromatic rings. The number of imidazole rings is 1. The van der Waals surface area contributed by atoms with Crippen molar-refractivity contribution in [1.82, 2.24) is 15.0 Å². The standard InChI is InChI=1S/C19H15BrCl2N6O2/c1-30-15-5-14-13(4-10(15)18(29)27-16-3-2-9(20)6-24-16)25-19(26-14)28-17-11(21)7-23-8-12(17)22/h2-8,11,17H,1H3,(H,24,27,29)(H2,25,26,28). The van der Waals surface area contributed by atoms with Crippen LogP contribution in [0.4, 0.5) is 11.8 Å². The van der Waals surface area contributed by atoms with Gasteiger partial charge in [-0.1, -0.05) is 11.6 Å². The third-order valence-electron chi connectivity index (χ3n) is 4.35. The van der Waals surface area contributed by atoms with Crippen molar-refractivity contribution in [2.45, 2.75) is 11.4 Å². The lowest BCUT2D eigenvalue weighted by Gasteiger charge is -2.21. The molecule has 0 spiro atoms. The second kappa shape index (κ2) is 8.63. The summed E-state index contributed by atoms with van der Waals surface area (Å²) in [5, 5.41) is 5.95. The van der Waals surface area contributed by atoms with Gasteiger partial charge in [-0.25, -0.2) is 9.97 Å². The summed E-state index contributed by atoms with van der Waals surface area (Å²) in [6.45, 7) is 0. The van der Waals surface area contributed by atoms with E-state index in [0.29, 0.717) is 39.1 Å². The van der Waals surface area contributed by atoms with E-state index >= 15 is 0 Å². The summed E-state index contributed by atoms with van der Waals surface area (Å²) in [5.74, 6) is 0.902. The molecule has 11 heteroatoms. The van der Waals surface area contributed by atoms with Gasteiger partial charge in [0.25, 0.3) is 5.91 Å². The van der Waals surface area contributed by atoms with E-state index in [-0.39, 0.29) is 11.9 Å². The summed E-state index contributed by atoms with van der Waals surface area (Å²) in [4.78, 5) is 28.5. The Hall–Kier alpha value is -2.62. The monoisotopic (exact) mass is 508 g/mol. The number of hydrogen-bond donors (Lipinski definition) is 3. The zero-order valence-corrected chi connectivity index (χ0v) is 18.6. The van der Waals surface area contributed by atoms with Crippen molar-refractivity contribution in [3.8, 4) is 5.75 Å². The molecule has 0 aliphatic carbocycles. The number of carbonyl (C=O) groups excluding carboxylic acids is 1. The van der Waals surface area contributed by atoms with Crippen molar-refractivity contribution in [2.24, 2.45) is 4.99 Å². The fraction of sp³-hybridized carbons (Fsp3) is 0.158. The maximum Gasteiger partial charge on any atom is 0.260 e. The number of halogens is 3. The fourth-order valence-corrected chi connectivity index (χ4v) is 3.71. The minimum absolute atomic E-state index is 0.336. The van der Waals surface area contributed by atoms with E-state index in [2.05, 4.69) is 46.5 Å². The van der Waals surface area contributed by atoms with E-state index in [1.54, 1.807) is 36.7 Å². The Morgan fingerprint density at radius 1 is 1.33 bits per heavy atom. The highest BCUT2D eigenvalue weighted by molar-refractivity contribution is 9.10. The van der Waals surface area contributed by atoms with Crippen molar-refractivity contribution in [1.29, 1.82) is 0 Å². The van der Waals surface area contributed by atoms with Gasteiger partial charge in [-0.05, 0) is 34.1 Å². The molecule has 2 unspecified atom stereocenters. The van der Waals surface area contributed by atoms with Crippen molar-refractivity contribution >= 4 is 74.1 Å². The topological polar surface area (TPSA) is 104 Å². The van der Waals surface area contributed by atoms with Crippen LogP contribution < -0.4 is 15.4 Å². The zero-order chi connectivity index (χ0) is 21.3. The van der Waals surface area contributed by atoms with E-state index in [1.165, 1.54) is 13.3 Å². The summed E-state index contributed by atoms with van der Waals surface area (Å²) >= 11 is 15.8. The van der Waals surface area contributed by atoms with Gasteiger partial charge in [0.15, 0.2) is 0 Å². The number of carbonyl (C=O) groups is 1. The molecule has 2 aromatic heterocycles. The summed E-state index contributed by atoms with van der Waals surface area (Å²) in [6.07, 6.45) is 4.72. The van der Waals surface area contributed by atoms with Gasteiger partial charge >= 0.3 is 0 Å². The molecule has 2 atom stereocenters. The molecule has 154 valence electrons. The predicted molar refractivity (Wildman–Crippen MR) is 122 cm³/mol. The van der Waals surface area contributed by atoms with Crippen LogP contribution in [0.2, 0.25) is 0 Å². The second-order valence-electron chi connectivity index (χ2n) is 6.35. The number of alkyl halides is 1. The van der Waals surface area contributed by atoms with Crippen LogP contribution in [0, 0.1) is 0 Å². The first-order valence-corrected chi connectivity index (χ1v) is 10.4. The molecule has 3 N–H and O–H groups in total. The lowest BCUT2D eigenvalue weighted by atomic mass is 10.1. The van der Waals surface area contributed by atoms with Gasteiger partial charge in [0.2, 0.25) is 5.95 Å². The number of rotatable bonds is 5. The number of nitrogens with one attached hydrogen (secondary N) is 3. The first kappa shape index (κ1) is 20.6. The molecule has 1 amide bonds. The van der Waals surface area contributed by atoms with Gasteiger partial charge in [-0.2, -0.15) is 0 Å². The molecule has 3 heterocycles. The Labute approximate surface area is 189 Å². The van der Waals surface area contributed by atoms with Crippen molar-refractivity contribution in [2.75, 3.05) is 17.7 Å². The first-order valence-electron chi connectivity index (χ1n) is 8.74. The minimum Gasteiger partial charge on any atom is -0.496 e. The van der Waals surface area contributed by atoms with Crippen LogP contribution >= 0.6 is 39.1 Å². The number of aromatic nitrogens is 3. The summed E-state index contributed by atoms with van der Waals surface area (Å²) in [6, 6.07) is 6.45. The number of fused-ring (bicyclic) bond motifs is 1. The van der Waals surface area contributed by atoms with Crippen molar-refractivity contribution in [3.63, 3.8) is 0 Å². The maximum atomic E-state index is 12.8. The average molecular weight is 510 g/mol. The van der Waals surface area contributed by atoms with Crippen LogP contribution in [0.5, 0.6) is 5.75 Å². The molecule has 1 aromatic carbocycles. The highest BCUT2D eigenvalue weighted by Crippen LogP contribution is 2.28. The lowest BCUT2D eigenvalue weighted by Crippen LogP contribution is -2.33. The molecular weight excluding hydrogens is 495 g/mol. The van der Waals surface area contributed by atoms with Crippen molar-refractivity contribution < 1.29 is 9.53 Å². The zero-order valence-electron chi connectivity index (χ0n) is 15.5. The number of nitrogens with zero attached hydrogens (tertiary/aromatic N) is 3. The summed E-state index contributed by atoms with van der Waals surface area (Å²) in [5.41, 5.74) is 1.59. The molecule has 1 aliphatic heterocycles. The quantitative estimate of drug-likeness (QED) is 0.438. The number of anilines is 2. The van der Waals surface area contributed by atoms with Gasteiger partial charge in [-0.3, -0.25) is 9.79 Å². The smallest absolute Gasteiger partial charge is 0.260 e. The first-order chi connectivity index (χ1) is 14.4. The number of amides is 1. The summed E-state index contributed by atoms with van der Waals surface area (Å²) in [7, 11) is 1.49. The molecule has 0 saturated carbocycles. The molecule has 1 aliphatic rings. The van der Waals surface area contributed by atoms with Crippen LogP contribution in [0.25, 0.3) is 11.0 Å². The maximum absolute atomic E-state index is 12.8. The Morgan fingerprint density at radius 3 is 2.87 bits per heavy atom. The van der Waals surface area contributed by atoms with E-state index in [1.807, 2.05) is 0 Å². The SMILES string of the molecule is COc1cc2nc(NC3C(Cl)=CN=CC3Cl)[nH]c2cc1C(=O)Nc1ccc(Br)cn1. The number of H-pyrrole nitrogens is 1. The van der Waals surface area contributed by atoms with Gasteiger partial charge in [0, 0.05) is 29.2 Å². The number of benzene rings is 1. The van der Waals surface area contributed by atoms with Gasteiger partial charge in [0.1, 0.15) is 11.6 Å². The summed E-state index contributed by atoms with van der Waals surface area (Å²) < 4.78 is 6.21. The normalized spacial score (nSPS) is 18.2. The molecular formula is C19H15BrCl2N6O2. The molecule has 8 nitrogen and oxygen atoms in total. The van der Waals surface area contributed by atoms with E-state index in [9.17, 15) is 4.79 Å². The Balaban J connectivity index is 1.61. The van der Waals surface area contributed by atoms with Crippen LogP contribution in [0.15, 0.2) is 51.2 Å². The molecule has 0 bridgehead atoms. The highest BCUT2D eigenvalue weighted by atomic mass is 79.9. The third kappa shape index (κ3) is 4.28. The van der Waals surface area contributed by atoms with E-state index in [4.69, 9.17) is 27.9 Å². The number of ether oxygens (including phenoxy) is 1. The predicted octanol–water partition coefficient (Wildman–Crippen LogP) is 4.53. The van der Waals surface area contributed by atoms with Crippen LogP contribution in [0.3, 0.4) is 0 Å². The van der Waals surface area contributed by atoms with Crippen molar-refractivity contribution in [3.05, 3.63) is 51.7 Å². The number of aromatic amines is 1. The Kier molecular flexibility index (Phi) is 5.94. The number of aliphatic imine (C=N–C) groups is 1. The van der Waals surface area contributed by atoms with Crippen LogP contribution in [-0.4, -0.2) is 45.6 Å². The second-order valence-corrected chi connectivity index (χ2v) is 8.21. The average Bonchev–Trinajstić information content (AvgIpc) is 3.13. The minimum atomic E-state index is -0.426. The van der Waals surface area contributed by atoms with Crippen LogP contribution in [-0.2, 0) is 0 Å². The van der Waals surface area contributed by atoms with E-state index in [0.717, 1.165) is 4.47 Å². The molecule has 0 radical (unpaired) electrons. The Bertz CT molecular complexity index is 1160. The number of hydrogen-bond acceptors (Lipinski definition) is 6. The lowest BCUT2D eigenvalue weighted by molar-refractivity contribution is 0.102. The Morgan fingerprint density at radius 2 is 2.17 bits per heavy atom. The molecule has 0 saturated heterocycles. The van der Waals surface area contributed by atoms with Crippen LogP contribution in [0.1, 0.15) is 10.4 Å². The highest BCUT2D eigenvalue weighted by Gasteiger charge is 2.25. The van der Waals surface area contributed by atoms with Gasteiger partial charge in [-0.15, -0.1) is 11.6 Å². The van der Waals surface area contributed by atoms with Gasteiger partial charge < -0.3 is 20.4 Å². The number of methoxy groups -OCH3 is 1. The third-order valence-corrected chi connectivity index (χ3v) is 5.52. The molecule has 30 heavy (non-hydrogen) atoms.